The summed E-state index contributed by atoms with van der Waals surface area (Å²) >= 11 is 3.42. The van der Waals surface area contributed by atoms with Gasteiger partial charge in [0.2, 0.25) is 0 Å². The summed E-state index contributed by atoms with van der Waals surface area (Å²) in [7, 11) is 6.16. The van der Waals surface area contributed by atoms with Gasteiger partial charge in [0.05, 0.1) is 33.5 Å². The molecule has 2 N–H and O–H groups in total. The Morgan fingerprint density at radius 3 is 1.75 bits per heavy atom. The molecule has 0 spiro atoms. The molecule has 0 aliphatic rings. The molecule has 0 saturated heterocycles. The van der Waals surface area contributed by atoms with Crippen LogP contribution < -0.4 is 0 Å². The van der Waals surface area contributed by atoms with Crippen LogP contribution in [0.3, 0.4) is 0 Å². The van der Waals surface area contributed by atoms with Gasteiger partial charge in [-0.15, -0.1) is 0 Å². The Hall–Kier alpha value is -0.260. The molecule has 0 atom stereocenters. The van der Waals surface area contributed by atoms with Crippen molar-refractivity contribution in [2.45, 2.75) is 0 Å². The number of aliphatic carboxylic acids is 1. The second-order valence-electron chi connectivity index (χ2n) is 3.29. The highest BCUT2D eigenvalue weighted by Gasteiger charge is 2.02. The van der Waals surface area contributed by atoms with Crippen molar-refractivity contribution in [3.8, 4) is 0 Å². The lowest BCUT2D eigenvalue weighted by atomic mass is 10.5. The fraction of sp³-hybridized carbons (Fsp3) is 0.857. The molecule has 0 bridgehead atoms. The number of nitrogens with zero attached hydrogens (tertiary/aromatic N) is 1. The molecule has 0 rings (SSSR count). The molecule has 74 valence electrons. The molecule has 0 amide bonds. The van der Waals surface area contributed by atoms with Gasteiger partial charge in [0, 0.05) is 0 Å². The number of carbonyl (C=O) groups is 1. The van der Waals surface area contributed by atoms with Gasteiger partial charge in [0.1, 0.15) is 6.54 Å². The summed E-state index contributed by atoms with van der Waals surface area (Å²) in [6.07, 6.45) is 0. The largest absolute Gasteiger partial charge is 0.481 e. The predicted molar refractivity (Wildman–Crippen MR) is 51.5 cm³/mol. The van der Waals surface area contributed by atoms with E-state index in [1.165, 1.54) is 0 Å². The number of quaternary nitrogens is 1. The van der Waals surface area contributed by atoms with Crippen molar-refractivity contribution in [3.63, 3.8) is 0 Å². The zero-order chi connectivity index (χ0) is 10.2. The summed E-state index contributed by atoms with van der Waals surface area (Å²) in [5.41, 5.74) is 0. The molecule has 0 aliphatic carbocycles. The smallest absolute Gasteiger partial charge is 0.313 e. The monoisotopic (exact) mass is 196 g/mol. The fourth-order valence-electron chi connectivity index (χ4n) is 0.300. The third-order valence-corrected chi connectivity index (χ3v) is 1.18. The average Bonchev–Trinajstić information content (AvgIpc) is 1.86. The Morgan fingerprint density at radius 2 is 1.75 bits per heavy atom. The second-order valence-corrected chi connectivity index (χ2v) is 3.61. The zero-order valence-electron chi connectivity index (χ0n) is 7.82. The maximum atomic E-state index is 9.29. The van der Waals surface area contributed by atoms with E-state index in [4.69, 9.17) is 10.2 Å². The van der Waals surface area contributed by atoms with Gasteiger partial charge < -0.3 is 14.7 Å². The fourth-order valence-corrected chi connectivity index (χ4v) is 0.300. The summed E-state index contributed by atoms with van der Waals surface area (Å²) in [6, 6.07) is 0. The highest BCUT2D eigenvalue weighted by molar-refractivity contribution is 7.81. The first-order valence-electron chi connectivity index (χ1n) is 3.57. The molecule has 0 unspecified atom stereocenters. The number of carboxylic acids is 1. The van der Waals surface area contributed by atoms with Gasteiger partial charge in [-0.3, -0.25) is 4.79 Å². The molecule has 0 aromatic rings. The van der Waals surface area contributed by atoms with Crippen LogP contribution in [0.25, 0.3) is 0 Å². The summed E-state index contributed by atoms with van der Waals surface area (Å²) < 4.78 is 0.844. The molecule has 0 radical (unpaired) electrons. The third kappa shape index (κ3) is 22.6. The van der Waals surface area contributed by atoms with E-state index in [2.05, 4.69) is 33.8 Å². The van der Waals surface area contributed by atoms with Crippen molar-refractivity contribution in [1.29, 1.82) is 0 Å². The number of aliphatic hydroxyl groups excluding tert-OH is 1. The summed E-state index contributed by atoms with van der Waals surface area (Å²) in [5, 5.41) is 16.0. The van der Waals surface area contributed by atoms with E-state index >= 15 is 0 Å². The summed E-state index contributed by atoms with van der Waals surface area (Å²) in [4.78, 5) is 9.29. The quantitative estimate of drug-likeness (QED) is 0.428. The predicted octanol–water partition coefficient (Wildman–Crippen LogP) is -0.314. The van der Waals surface area contributed by atoms with Crippen LogP contribution in [0.2, 0.25) is 0 Å². The molecular weight excluding hydrogens is 178 g/mol. The molecule has 0 saturated carbocycles. The van der Waals surface area contributed by atoms with E-state index in [-0.39, 0.29) is 12.4 Å². The number of rotatable bonds is 3. The first-order valence-corrected chi connectivity index (χ1v) is 4.20. The molecule has 0 aromatic heterocycles. The van der Waals surface area contributed by atoms with E-state index in [0.29, 0.717) is 0 Å². The highest BCUT2D eigenvalue weighted by Crippen LogP contribution is 1.84. The number of thiol groups is 1. The van der Waals surface area contributed by atoms with Crippen LogP contribution in [0.5, 0.6) is 0 Å². The van der Waals surface area contributed by atoms with Gasteiger partial charge in [0.25, 0.3) is 0 Å². The zero-order valence-corrected chi connectivity index (χ0v) is 8.71. The Morgan fingerprint density at radius 1 is 1.42 bits per heavy atom. The number of carboxylic acid groups (broad SMARTS) is 1. The van der Waals surface area contributed by atoms with Crippen molar-refractivity contribution < 1.29 is 19.5 Å². The van der Waals surface area contributed by atoms with E-state index in [0.717, 1.165) is 11.0 Å². The number of aliphatic hydroxyl groups is 1. The Kier molecular flexibility index (Phi) is 8.79. The Bertz CT molecular complexity index is 122. The highest BCUT2D eigenvalue weighted by atomic mass is 32.1. The lowest BCUT2D eigenvalue weighted by Gasteiger charge is -2.21. The minimum absolute atomic E-state index is 0.0833. The van der Waals surface area contributed by atoms with Crippen molar-refractivity contribution in [1.82, 2.24) is 0 Å². The number of likely N-dealkylation sites (N-methyl/N-ethyl adjacent to an activating group) is 1. The van der Waals surface area contributed by atoms with Gasteiger partial charge >= 0.3 is 5.97 Å². The molecule has 0 fully saturated rings. The third-order valence-electron chi connectivity index (χ3n) is 0.906. The van der Waals surface area contributed by atoms with Crippen LogP contribution in [0, 0.1) is 0 Å². The van der Waals surface area contributed by atoms with Gasteiger partial charge in [-0.1, -0.05) is 0 Å². The van der Waals surface area contributed by atoms with E-state index in [1.54, 1.807) is 0 Å². The molecule has 0 heterocycles. The lowest BCUT2D eigenvalue weighted by Crippen LogP contribution is -2.36. The topological polar surface area (TPSA) is 57.5 Å². The molecule has 0 aromatic carbocycles. The van der Waals surface area contributed by atoms with Crippen LogP contribution in [0.1, 0.15) is 0 Å². The standard InChI is InChI=1S/C5H14NO.C2H4O2S/c1-6(2,3)4-5-7;3-2(4)1-5/h7H,4-5H2,1-3H3;5H,1H2,(H,3,4)/q+1;. The van der Waals surface area contributed by atoms with Gasteiger partial charge in [0.15, 0.2) is 0 Å². The van der Waals surface area contributed by atoms with Gasteiger partial charge in [-0.2, -0.15) is 12.6 Å². The van der Waals surface area contributed by atoms with E-state index in [9.17, 15) is 4.79 Å². The Labute approximate surface area is 78.8 Å². The minimum Gasteiger partial charge on any atom is -0.481 e. The number of hydrogen-bond donors (Lipinski definition) is 3. The lowest BCUT2D eigenvalue weighted by molar-refractivity contribution is -0.870. The van der Waals surface area contributed by atoms with E-state index in [1.807, 2.05) is 0 Å². The van der Waals surface area contributed by atoms with Crippen LogP contribution in [0.15, 0.2) is 0 Å². The summed E-state index contributed by atoms with van der Waals surface area (Å²) in [5.74, 6) is -0.965. The SMILES string of the molecule is C[N+](C)(C)CCO.O=C(O)CS. The maximum Gasteiger partial charge on any atom is 0.313 e. The molecule has 0 aliphatic heterocycles. The van der Waals surface area contributed by atoms with Gasteiger partial charge in [-0.05, 0) is 0 Å². The molecule has 12 heavy (non-hydrogen) atoms. The van der Waals surface area contributed by atoms with E-state index < -0.39 is 5.97 Å². The molecule has 4 nitrogen and oxygen atoms in total. The van der Waals surface area contributed by atoms with Gasteiger partial charge in [-0.25, -0.2) is 0 Å². The second kappa shape index (κ2) is 7.39. The minimum atomic E-state index is -0.881. The van der Waals surface area contributed by atoms with Crippen molar-refractivity contribution >= 4 is 18.6 Å². The maximum absolute atomic E-state index is 9.29. The molecule has 5 heteroatoms. The van der Waals surface area contributed by atoms with Crippen LogP contribution >= 0.6 is 12.6 Å². The van der Waals surface area contributed by atoms with Crippen molar-refractivity contribution in [2.75, 3.05) is 40.0 Å². The first kappa shape index (κ1) is 14.3. The van der Waals surface area contributed by atoms with Crippen molar-refractivity contribution in [2.24, 2.45) is 0 Å². The van der Waals surface area contributed by atoms with Crippen LogP contribution in [-0.2, 0) is 4.79 Å². The first-order chi connectivity index (χ1) is 5.33. The van der Waals surface area contributed by atoms with Crippen LogP contribution in [0.4, 0.5) is 0 Å². The van der Waals surface area contributed by atoms with Crippen LogP contribution in [-0.4, -0.2) is 60.7 Å². The molecular formula is C7H18NO3S+. The Balaban J connectivity index is 0. The average molecular weight is 196 g/mol. The normalized spacial score (nSPS) is 10.1. The summed E-state index contributed by atoms with van der Waals surface area (Å²) in [6.45, 7) is 1.11. The number of hydrogen-bond acceptors (Lipinski definition) is 3. The van der Waals surface area contributed by atoms with Crippen molar-refractivity contribution in [3.05, 3.63) is 0 Å².